The maximum atomic E-state index is 5.76. The minimum Gasteiger partial charge on any atom is -0.383 e. The Bertz CT molecular complexity index is 477. The van der Waals surface area contributed by atoms with Crippen LogP contribution in [0.4, 0.5) is 5.82 Å². The summed E-state index contributed by atoms with van der Waals surface area (Å²) >= 11 is 0. The number of anilines is 1. The number of nitrogen functional groups attached to an aromatic ring is 1. The number of benzene rings is 1. The van der Waals surface area contributed by atoms with E-state index in [1.807, 2.05) is 6.07 Å². The van der Waals surface area contributed by atoms with Crippen LogP contribution in [0.3, 0.4) is 0 Å². The smallest absolute Gasteiger partial charge is 0.134 e. The summed E-state index contributed by atoms with van der Waals surface area (Å²) in [6.07, 6.45) is 2.58. The molecular formula is C12H15N3. The number of hydrogen-bond donors (Lipinski definition) is 1. The van der Waals surface area contributed by atoms with Gasteiger partial charge in [0.1, 0.15) is 12.1 Å². The first kappa shape index (κ1) is 9.90. The van der Waals surface area contributed by atoms with Crippen molar-refractivity contribution in [2.24, 2.45) is 5.92 Å². The predicted molar refractivity (Wildman–Crippen MR) is 62.5 cm³/mol. The summed E-state index contributed by atoms with van der Waals surface area (Å²) in [5, 5.41) is 0.935. The molecule has 78 valence electrons. The second kappa shape index (κ2) is 3.85. The largest absolute Gasteiger partial charge is 0.383 e. The molecule has 1 aromatic heterocycles. The molecule has 0 amide bonds. The molecule has 2 rings (SSSR count). The number of rotatable bonds is 2. The van der Waals surface area contributed by atoms with E-state index >= 15 is 0 Å². The lowest BCUT2D eigenvalue weighted by Crippen LogP contribution is -1.96. The molecule has 0 atom stereocenters. The fraction of sp³-hybridized carbons (Fsp3) is 0.333. The Balaban J connectivity index is 2.48. The van der Waals surface area contributed by atoms with E-state index in [0.717, 1.165) is 17.3 Å². The average Bonchev–Trinajstić information content (AvgIpc) is 2.17. The second-order valence-electron chi connectivity index (χ2n) is 4.21. The van der Waals surface area contributed by atoms with Crippen LogP contribution in [0.15, 0.2) is 24.5 Å². The third-order valence-corrected chi connectivity index (χ3v) is 2.38. The van der Waals surface area contributed by atoms with Crippen LogP contribution >= 0.6 is 0 Å². The molecule has 2 N–H and O–H groups in total. The molecule has 3 nitrogen and oxygen atoms in total. The van der Waals surface area contributed by atoms with Crippen molar-refractivity contribution >= 4 is 16.7 Å². The minimum absolute atomic E-state index is 0.552. The lowest BCUT2D eigenvalue weighted by Gasteiger charge is -2.06. The minimum atomic E-state index is 0.552. The van der Waals surface area contributed by atoms with Crippen molar-refractivity contribution in [3.8, 4) is 0 Å². The first-order chi connectivity index (χ1) is 7.16. The van der Waals surface area contributed by atoms with Crippen molar-refractivity contribution in [1.29, 1.82) is 0 Å². The summed E-state index contributed by atoms with van der Waals surface area (Å²) in [6.45, 7) is 4.41. The zero-order valence-corrected chi connectivity index (χ0v) is 9.07. The summed E-state index contributed by atoms with van der Waals surface area (Å²) in [5.41, 5.74) is 7.99. The Labute approximate surface area is 89.4 Å². The first-order valence-corrected chi connectivity index (χ1v) is 5.16. The van der Waals surface area contributed by atoms with Gasteiger partial charge in [-0.15, -0.1) is 0 Å². The van der Waals surface area contributed by atoms with E-state index in [2.05, 4.69) is 35.9 Å². The van der Waals surface area contributed by atoms with Crippen LogP contribution in [0.5, 0.6) is 0 Å². The third-order valence-electron chi connectivity index (χ3n) is 2.38. The average molecular weight is 201 g/mol. The number of nitrogens with zero attached hydrogens (tertiary/aromatic N) is 2. The summed E-state index contributed by atoms with van der Waals surface area (Å²) in [4.78, 5) is 8.18. The Morgan fingerprint density at radius 3 is 2.80 bits per heavy atom. The van der Waals surface area contributed by atoms with Gasteiger partial charge in [-0.1, -0.05) is 19.9 Å². The molecule has 0 spiro atoms. The molecule has 15 heavy (non-hydrogen) atoms. The van der Waals surface area contributed by atoms with Gasteiger partial charge in [0.2, 0.25) is 0 Å². The van der Waals surface area contributed by atoms with Crippen LogP contribution in [0.2, 0.25) is 0 Å². The van der Waals surface area contributed by atoms with Crippen LogP contribution in [-0.4, -0.2) is 9.97 Å². The van der Waals surface area contributed by atoms with Crippen molar-refractivity contribution < 1.29 is 0 Å². The number of nitrogens with two attached hydrogens (primary N) is 1. The van der Waals surface area contributed by atoms with Gasteiger partial charge in [0, 0.05) is 5.39 Å². The third kappa shape index (κ3) is 2.06. The monoisotopic (exact) mass is 201 g/mol. The molecular weight excluding hydrogens is 186 g/mol. The van der Waals surface area contributed by atoms with Gasteiger partial charge in [-0.3, -0.25) is 0 Å². The highest BCUT2D eigenvalue weighted by Crippen LogP contribution is 2.19. The molecule has 0 aliphatic heterocycles. The Morgan fingerprint density at radius 1 is 1.27 bits per heavy atom. The molecule has 0 fully saturated rings. The number of hydrogen-bond acceptors (Lipinski definition) is 3. The van der Waals surface area contributed by atoms with E-state index in [9.17, 15) is 0 Å². The van der Waals surface area contributed by atoms with E-state index in [-0.39, 0.29) is 0 Å². The van der Waals surface area contributed by atoms with E-state index in [1.54, 1.807) is 0 Å². The molecule has 0 bridgehead atoms. The second-order valence-corrected chi connectivity index (χ2v) is 4.21. The van der Waals surface area contributed by atoms with Gasteiger partial charge in [-0.05, 0) is 30.0 Å². The maximum Gasteiger partial charge on any atom is 0.134 e. The summed E-state index contributed by atoms with van der Waals surface area (Å²) in [6, 6.07) is 6.19. The lowest BCUT2D eigenvalue weighted by atomic mass is 10.0. The summed E-state index contributed by atoms with van der Waals surface area (Å²) in [5.74, 6) is 1.21. The Kier molecular flexibility index (Phi) is 2.54. The van der Waals surface area contributed by atoms with Gasteiger partial charge in [-0.2, -0.15) is 0 Å². The van der Waals surface area contributed by atoms with Crippen molar-refractivity contribution in [2.75, 3.05) is 5.73 Å². The molecule has 0 radical (unpaired) electrons. The van der Waals surface area contributed by atoms with Crippen LogP contribution in [0.25, 0.3) is 10.9 Å². The predicted octanol–water partition coefficient (Wildman–Crippen LogP) is 2.41. The SMILES string of the molecule is CC(C)Cc1ccc2c(N)ncnc2c1. The maximum absolute atomic E-state index is 5.76. The van der Waals surface area contributed by atoms with Gasteiger partial charge >= 0.3 is 0 Å². The molecule has 0 saturated heterocycles. The highest BCUT2D eigenvalue weighted by Gasteiger charge is 2.02. The first-order valence-electron chi connectivity index (χ1n) is 5.16. The van der Waals surface area contributed by atoms with E-state index in [0.29, 0.717) is 11.7 Å². The summed E-state index contributed by atoms with van der Waals surface area (Å²) < 4.78 is 0. The molecule has 0 aliphatic rings. The van der Waals surface area contributed by atoms with Crippen LogP contribution in [0.1, 0.15) is 19.4 Å². The zero-order valence-electron chi connectivity index (χ0n) is 9.07. The van der Waals surface area contributed by atoms with Crippen LogP contribution in [0, 0.1) is 5.92 Å². The van der Waals surface area contributed by atoms with Crippen molar-refractivity contribution in [3.05, 3.63) is 30.1 Å². The van der Waals surface area contributed by atoms with Gasteiger partial charge in [0.15, 0.2) is 0 Å². The van der Waals surface area contributed by atoms with Crippen LogP contribution in [-0.2, 0) is 6.42 Å². The van der Waals surface area contributed by atoms with Gasteiger partial charge in [0.05, 0.1) is 5.52 Å². The molecule has 0 saturated carbocycles. The summed E-state index contributed by atoms with van der Waals surface area (Å²) in [7, 11) is 0. The van der Waals surface area contributed by atoms with Gasteiger partial charge in [0.25, 0.3) is 0 Å². The van der Waals surface area contributed by atoms with Crippen molar-refractivity contribution in [2.45, 2.75) is 20.3 Å². The number of aromatic nitrogens is 2. The van der Waals surface area contributed by atoms with Gasteiger partial charge < -0.3 is 5.73 Å². The highest BCUT2D eigenvalue weighted by atomic mass is 14.9. The zero-order chi connectivity index (χ0) is 10.8. The molecule has 2 aromatic rings. The van der Waals surface area contributed by atoms with E-state index in [4.69, 9.17) is 5.73 Å². The Morgan fingerprint density at radius 2 is 2.07 bits per heavy atom. The van der Waals surface area contributed by atoms with Crippen molar-refractivity contribution in [1.82, 2.24) is 9.97 Å². The molecule has 1 aromatic carbocycles. The van der Waals surface area contributed by atoms with E-state index < -0.39 is 0 Å². The standard InChI is InChI=1S/C12H15N3/c1-8(2)5-9-3-4-10-11(6-9)14-7-15-12(10)13/h3-4,6-8H,5H2,1-2H3,(H2,13,14,15). The van der Waals surface area contributed by atoms with Gasteiger partial charge in [-0.25, -0.2) is 9.97 Å². The van der Waals surface area contributed by atoms with Crippen molar-refractivity contribution in [3.63, 3.8) is 0 Å². The fourth-order valence-corrected chi connectivity index (χ4v) is 1.72. The lowest BCUT2D eigenvalue weighted by molar-refractivity contribution is 0.647. The quantitative estimate of drug-likeness (QED) is 0.811. The highest BCUT2D eigenvalue weighted by molar-refractivity contribution is 5.87. The molecule has 1 heterocycles. The topological polar surface area (TPSA) is 51.8 Å². The van der Waals surface area contributed by atoms with Crippen LogP contribution < -0.4 is 5.73 Å². The molecule has 3 heteroatoms. The van der Waals surface area contributed by atoms with E-state index in [1.165, 1.54) is 11.9 Å². The normalized spacial score (nSPS) is 11.1. The number of fused-ring (bicyclic) bond motifs is 1. The fourth-order valence-electron chi connectivity index (χ4n) is 1.72. The molecule has 0 unspecified atom stereocenters. The molecule has 0 aliphatic carbocycles. The Hall–Kier alpha value is -1.64.